The Morgan fingerprint density at radius 1 is 1.00 bits per heavy atom. The van der Waals surface area contributed by atoms with E-state index in [0.29, 0.717) is 30.4 Å². The molecule has 0 unspecified atom stereocenters. The third-order valence-electron chi connectivity index (χ3n) is 4.63. The van der Waals surface area contributed by atoms with E-state index < -0.39 is 0 Å². The molecule has 7 nitrogen and oxygen atoms in total. The molecule has 0 saturated carbocycles. The largest absolute Gasteiger partial charge is 0.492 e. The molecule has 0 saturated heterocycles. The number of fused-ring (bicyclic) bond motifs is 1. The Morgan fingerprint density at radius 3 is 2.63 bits per heavy atom. The lowest BCUT2D eigenvalue weighted by Crippen LogP contribution is -2.11. The molecule has 0 aliphatic rings. The van der Waals surface area contributed by atoms with Gasteiger partial charge in [-0.3, -0.25) is 4.98 Å². The van der Waals surface area contributed by atoms with Gasteiger partial charge in [0.1, 0.15) is 18.2 Å². The first-order valence-electron chi connectivity index (χ1n) is 9.45. The molecule has 5 N–H and O–H groups in total. The van der Waals surface area contributed by atoms with Gasteiger partial charge < -0.3 is 21.5 Å². The first-order chi connectivity index (χ1) is 14.6. The fourth-order valence-electron chi connectivity index (χ4n) is 3.12. The molecule has 4 rings (SSSR count). The van der Waals surface area contributed by atoms with Crippen LogP contribution in [0.2, 0.25) is 5.02 Å². The fraction of sp³-hybridized carbons (Fsp3) is 0.136. The van der Waals surface area contributed by atoms with E-state index in [1.807, 2.05) is 48.5 Å². The molecule has 2 aromatic carbocycles. The summed E-state index contributed by atoms with van der Waals surface area (Å²) in [6.45, 7) is 1.18. The highest BCUT2D eigenvalue weighted by atomic mass is 35.5. The fourth-order valence-corrected chi connectivity index (χ4v) is 3.29. The summed E-state index contributed by atoms with van der Waals surface area (Å²) in [7, 11) is 0. The Kier molecular flexibility index (Phi) is 5.81. The van der Waals surface area contributed by atoms with E-state index >= 15 is 0 Å². The smallest absolute Gasteiger partial charge is 0.221 e. The average molecular weight is 421 g/mol. The summed E-state index contributed by atoms with van der Waals surface area (Å²) in [6, 6.07) is 15.5. The van der Waals surface area contributed by atoms with Crippen molar-refractivity contribution in [1.82, 2.24) is 15.0 Å². The number of rotatable bonds is 7. The molecular formula is C22H21ClN6O. The summed E-state index contributed by atoms with van der Waals surface area (Å²) >= 11 is 6.04. The number of nitrogen functional groups attached to an aromatic ring is 2. The van der Waals surface area contributed by atoms with Crippen molar-refractivity contribution >= 4 is 40.0 Å². The summed E-state index contributed by atoms with van der Waals surface area (Å²) in [6.07, 6.45) is 4.05. The average Bonchev–Trinajstić information content (AvgIpc) is 2.74. The number of ether oxygens (including phenoxy) is 1. The first-order valence-corrected chi connectivity index (χ1v) is 9.83. The maximum absolute atomic E-state index is 6.04. The highest BCUT2D eigenvalue weighted by molar-refractivity contribution is 6.31. The van der Waals surface area contributed by atoms with Gasteiger partial charge >= 0.3 is 0 Å². The third kappa shape index (κ3) is 4.69. The number of halogens is 1. The number of anilines is 3. The predicted molar refractivity (Wildman–Crippen MR) is 121 cm³/mol. The predicted octanol–water partition coefficient (Wildman–Crippen LogP) is 3.92. The zero-order chi connectivity index (χ0) is 20.9. The minimum absolute atomic E-state index is 0.178. The summed E-state index contributed by atoms with van der Waals surface area (Å²) in [5, 5.41) is 5.08. The van der Waals surface area contributed by atoms with Crippen molar-refractivity contribution in [2.45, 2.75) is 6.42 Å². The van der Waals surface area contributed by atoms with Gasteiger partial charge in [-0.15, -0.1) is 0 Å². The van der Waals surface area contributed by atoms with E-state index in [0.717, 1.165) is 33.5 Å². The normalized spacial score (nSPS) is 10.8. The molecule has 30 heavy (non-hydrogen) atoms. The van der Waals surface area contributed by atoms with E-state index in [9.17, 15) is 0 Å². The highest BCUT2D eigenvalue weighted by Crippen LogP contribution is 2.24. The van der Waals surface area contributed by atoms with E-state index in [2.05, 4.69) is 20.3 Å². The summed E-state index contributed by atoms with van der Waals surface area (Å²) in [5.74, 6) is 1.38. The second kappa shape index (κ2) is 8.84. The Balaban J connectivity index is 1.31. The second-order valence-corrected chi connectivity index (χ2v) is 7.19. The van der Waals surface area contributed by atoms with Crippen molar-refractivity contribution in [3.63, 3.8) is 0 Å². The molecule has 0 atom stereocenters. The van der Waals surface area contributed by atoms with Crippen LogP contribution in [0.4, 0.5) is 17.5 Å². The van der Waals surface area contributed by atoms with Gasteiger partial charge in [-0.25, -0.2) is 4.98 Å². The van der Waals surface area contributed by atoms with Gasteiger partial charge in [0.25, 0.3) is 0 Å². The topological polar surface area (TPSA) is 112 Å². The van der Waals surface area contributed by atoms with Gasteiger partial charge in [0.05, 0.1) is 5.52 Å². The van der Waals surface area contributed by atoms with Gasteiger partial charge in [0.2, 0.25) is 5.95 Å². The lowest BCUT2D eigenvalue weighted by molar-refractivity contribution is 0.333. The maximum atomic E-state index is 6.04. The second-order valence-electron chi connectivity index (χ2n) is 6.75. The van der Waals surface area contributed by atoms with Gasteiger partial charge in [-0.1, -0.05) is 23.7 Å². The Labute approximate surface area is 179 Å². The molecule has 0 fully saturated rings. The van der Waals surface area contributed by atoms with Crippen LogP contribution in [0.25, 0.3) is 10.9 Å². The number of benzene rings is 2. The van der Waals surface area contributed by atoms with E-state index in [-0.39, 0.29) is 5.95 Å². The molecule has 0 radical (unpaired) electrons. The molecule has 0 spiro atoms. The van der Waals surface area contributed by atoms with Crippen LogP contribution in [-0.4, -0.2) is 28.1 Å². The molecule has 4 aromatic rings. The van der Waals surface area contributed by atoms with E-state index in [1.165, 1.54) is 0 Å². The SMILES string of the molecule is Nc1ncc(Cc2ccc(OCCNc3ccnc4cc(Cl)ccc34)cc2)c(N)n1. The van der Waals surface area contributed by atoms with Crippen LogP contribution in [0.15, 0.2) is 60.9 Å². The van der Waals surface area contributed by atoms with E-state index in [4.69, 9.17) is 27.8 Å². The quantitative estimate of drug-likeness (QED) is 0.388. The Morgan fingerprint density at radius 2 is 1.83 bits per heavy atom. The number of nitrogens with zero attached hydrogens (tertiary/aromatic N) is 3. The highest BCUT2D eigenvalue weighted by Gasteiger charge is 2.05. The summed E-state index contributed by atoms with van der Waals surface area (Å²) in [5.41, 5.74) is 15.2. The van der Waals surface area contributed by atoms with Crippen LogP contribution < -0.4 is 21.5 Å². The van der Waals surface area contributed by atoms with Crippen molar-refractivity contribution < 1.29 is 4.74 Å². The maximum Gasteiger partial charge on any atom is 0.221 e. The molecule has 8 heteroatoms. The third-order valence-corrected chi connectivity index (χ3v) is 4.86. The van der Waals surface area contributed by atoms with Crippen LogP contribution >= 0.6 is 11.6 Å². The number of pyridine rings is 1. The molecule has 0 aliphatic carbocycles. The van der Waals surface area contributed by atoms with Crippen LogP contribution in [0, 0.1) is 0 Å². The monoisotopic (exact) mass is 420 g/mol. The van der Waals surface area contributed by atoms with Crippen molar-refractivity contribution in [2.24, 2.45) is 0 Å². The molecule has 0 bridgehead atoms. The lowest BCUT2D eigenvalue weighted by Gasteiger charge is -2.11. The number of hydrogen-bond acceptors (Lipinski definition) is 7. The standard InChI is InChI=1S/C22H21ClN6O/c23-16-3-6-18-19(7-8-26-20(18)12-16)27-9-10-30-17-4-1-14(2-5-17)11-15-13-28-22(25)29-21(15)24/h1-8,12-13H,9-11H2,(H,26,27)(H4,24,25,28,29). The lowest BCUT2D eigenvalue weighted by atomic mass is 10.1. The van der Waals surface area contributed by atoms with Crippen LogP contribution in [0.5, 0.6) is 5.75 Å². The zero-order valence-electron chi connectivity index (χ0n) is 16.2. The Bertz CT molecular complexity index is 1170. The number of nitrogens with two attached hydrogens (primary N) is 2. The molecule has 2 aromatic heterocycles. The van der Waals surface area contributed by atoms with Crippen molar-refractivity contribution in [3.05, 3.63) is 77.1 Å². The van der Waals surface area contributed by atoms with Gasteiger partial charge in [-0.2, -0.15) is 4.98 Å². The minimum atomic E-state index is 0.178. The summed E-state index contributed by atoms with van der Waals surface area (Å²) < 4.78 is 5.84. The van der Waals surface area contributed by atoms with Crippen molar-refractivity contribution in [1.29, 1.82) is 0 Å². The first kappa shape index (κ1) is 19.7. The van der Waals surface area contributed by atoms with E-state index in [1.54, 1.807) is 12.4 Å². The summed E-state index contributed by atoms with van der Waals surface area (Å²) in [4.78, 5) is 12.3. The van der Waals surface area contributed by atoms with Crippen LogP contribution in [0.1, 0.15) is 11.1 Å². The zero-order valence-corrected chi connectivity index (χ0v) is 16.9. The van der Waals surface area contributed by atoms with Gasteiger partial charge in [-0.05, 0) is 42.0 Å². The molecule has 152 valence electrons. The number of nitrogens with one attached hydrogen (secondary N) is 1. The van der Waals surface area contributed by atoms with Gasteiger partial charge in [0.15, 0.2) is 0 Å². The molecule has 0 amide bonds. The van der Waals surface area contributed by atoms with Crippen LogP contribution in [-0.2, 0) is 6.42 Å². The molecule has 2 heterocycles. The molecule has 0 aliphatic heterocycles. The van der Waals surface area contributed by atoms with Crippen molar-refractivity contribution in [2.75, 3.05) is 29.9 Å². The number of hydrogen-bond donors (Lipinski definition) is 3. The minimum Gasteiger partial charge on any atom is -0.492 e. The number of aromatic nitrogens is 3. The molecular weight excluding hydrogens is 400 g/mol. The van der Waals surface area contributed by atoms with Gasteiger partial charge in [0, 0.05) is 47.0 Å². The van der Waals surface area contributed by atoms with Crippen molar-refractivity contribution in [3.8, 4) is 5.75 Å². The Hall–Kier alpha value is -3.58. The van der Waals surface area contributed by atoms with Crippen LogP contribution in [0.3, 0.4) is 0 Å².